The SMILES string of the molecule is C=C(NNS(=O)(=O)c1ccc(Br)cc1)c1ccccn1. The smallest absolute Gasteiger partial charge is 0.257 e. The number of nitrogens with one attached hydrogen (secondary N) is 2. The van der Waals surface area contributed by atoms with Crippen molar-refractivity contribution >= 4 is 31.7 Å². The highest BCUT2D eigenvalue weighted by Crippen LogP contribution is 2.14. The van der Waals surface area contributed by atoms with Crippen LogP contribution in [0, 0.1) is 0 Å². The summed E-state index contributed by atoms with van der Waals surface area (Å²) in [6.45, 7) is 3.73. The Morgan fingerprint density at radius 2 is 1.85 bits per heavy atom. The third kappa shape index (κ3) is 3.66. The predicted octanol–water partition coefficient (Wildman–Crippen LogP) is 2.30. The lowest BCUT2D eigenvalue weighted by Crippen LogP contribution is -2.36. The van der Waals surface area contributed by atoms with E-state index in [-0.39, 0.29) is 4.90 Å². The second-order valence-corrected chi connectivity index (χ2v) is 6.48. The minimum absolute atomic E-state index is 0.155. The molecule has 0 aliphatic rings. The third-order valence-corrected chi connectivity index (χ3v) is 4.23. The first-order valence-electron chi connectivity index (χ1n) is 5.63. The highest BCUT2D eigenvalue weighted by atomic mass is 79.9. The highest BCUT2D eigenvalue weighted by Gasteiger charge is 2.13. The van der Waals surface area contributed by atoms with Gasteiger partial charge in [-0.1, -0.05) is 28.6 Å². The maximum atomic E-state index is 12.0. The molecule has 0 radical (unpaired) electrons. The number of hydrogen-bond donors (Lipinski definition) is 2. The number of aromatic nitrogens is 1. The van der Waals surface area contributed by atoms with Crippen molar-refractivity contribution in [1.29, 1.82) is 0 Å². The number of nitrogens with zero attached hydrogens (tertiary/aromatic N) is 1. The molecule has 104 valence electrons. The van der Waals surface area contributed by atoms with Crippen LogP contribution < -0.4 is 10.3 Å². The number of hydrogen-bond acceptors (Lipinski definition) is 4. The number of benzene rings is 1. The molecule has 2 rings (SSSR count). The maximum absolute atomic E-state index is 12.0. The molecule has 0 aliphatic heterocycles. The van der Waals surface area contributed by atoms with Crippen LogP contribution in [0.2, 0.25) is 0 Å². The molecule has 0 bridgehead atoms. The van der Waals surface area contributed by atoms with Gasteiger partial charge in [0.25, 0.3) is 10.0 Å². The van der Waals surface area contributed by atoms with E-state index in [0.717, 1.165) is 4.47 Å². The van der Waals surface area contributed by atoms with Gasteiger partial charge in [0, 0.05) is 10.7 Å². The van der Waals surface area contributed by atoms with Gasteiger partial charge in [0.2, 0.25) is 0 Å². The Morgan fingerprint density at radius 1 is 1.15 bits per heavy atom. The minimum atomic E-state index is -3.65. The number of sulfonamides is 1. The Morgan fingerprint density at radius 3 is 2.45 bits per heavy atom. The molecule has 0 unspecified atom stereocenters. The van der Waals surface area contributed by atoms with Crippen molar-refractivity contribution in [2.45, 2.75) is 4.90 Å². The third-order valence-electron chi connectivity index (χ3n) is 2.43. The molecule has 1 heterocycles. The molecule has 5 nitrogen and oxygen atoms in total. The molecule has 20 heavy (non-hydrogen) atoms. The standard InChI is InChI=1S/C13H12BrN3O2S/c1-10(13-4-2-3-9-15-13)16-17-20(18,19)12-7-5-11(14)6-8-12/h2-9,16-17H,1H2. The fourth-order valence-electron chi connectivity index (χ4n) is 1.41. The van der Waals surface area contributed by atoms with E-state index in [0.29, 0.717) is 11.4 Å². The fraction of sp³-hybridized carbons (Fsp3) is 0. The first-order chi connectivity index (χ1) is 9.49. The molecule has 0 atom stereocenters. The van der Waals surface area contributed by atoms with E-state index in [9.17, 15) is 8.42 Å². The van der Waals surface area contributed by atoms with Gasteiger partial charge in [0.15, 0.2) is 0 Å². The zero-order chi connectivity index (χ0) is 14.6. The van der Waals surface area contributed by atoms with Crippen molar-refractivity contribution in [2.24, 2.45) is 0 Å². The van der Waals surface area contributed by atoms with Gasteiger partial charge < -0.3 is 5.43 Å². The Bertz CT molecular complexity index is 700. The summed E-state index contributed by atoms with van der Waals surface area (Å²) in [5.41, 5.74) is 3.47. The largest absolute Gasteiger partial charge is 0.306 e. The molecule has 0 saturated carbocycles. The number of halogens is 1. The van der Waals surface area contributed by atoms with Crippen LogP contribution in [0.15, 0.2) is 64.6 Å². The normalized spacial score (nSPS) is 11.1. The Balaban J connectivity index is 2.06. The Hall–Kier alpha value is -1.70. The minimum Gasteiger partial charge on any atom is -0.306 e. The monoisotopic (exact) mass is 353 g/mol. The van der Waals surface area contributed by atoms with E-state index in [1.54, 1.807) is 36.5 Å². The van der Waals surface area contributed by atoms with Crippen molar-refractivity contribution in [2.75, 3.05) is 0 Å². The van der Waals surface area contributed by atoms with Crippen LogP contribution in [0.4, 0.5) is 0 Å². The highest BCUT2D eigenvalue weighted by molar-refractivity contribution is 9.10. The van der Waals surface area contributed by atoms with E-state index < -0.39 is 10.0 Å². The molecule has 0 spiro atoms. The summed E-state index contributed by atoms with van der Waals surface area (Å²) >= 11 is 3.25. The van der Waals surface area contributed by atoms with Crippen LogP contribution in [0.25, 0.3) is 5.70 Å². The Labute approximate surface area is 125 Å². The summed E-state index contributed by atoms with van der Waals surface area (Å²) in [6, 6.07) is 11.6. The van der Waals surface area contributed by atoms with E-state index in [4.69, 9.17) is 0 Å². The van der Waals surface area contributed by atoms with Crippen LogP contribution in [0.1, 0.15) is 5.69 Å². The van der Waals surface area contributed by atoms with Crippen molar-refractivity contribution in [3.63, 3.8) is 0 Å². The summed E-state index contributed by atoms with van der Waals surface area (Å²) in [5, 5.41) is 0. The number of hydrazine groups is 1. The van der Waals surface area contributed by atoms with Crippen LogP contribution in [-0.4, -0.2) is 13.4 Å². The van der Waals surface area contributed by atoms with Crippen LogP contribution in [0.5, 0.6) is 0 Å². The molecular formula is C13H12BrN3O2S. The number of pyridine rings is 1. The quantitative estimate of drug-likeness (QED) is 0.809. The summed E-state index contributed by atoms with van der Waals surface area (Å²) in [6.07, 6.45) is 1.60. The predicted molar refractivity (Wildman–Crippen MR) is 80.9 cm³/mol. The lowest BCUT2D eigenvalue weighted by atomic mass is 10.3. The van der Waals surface area contributed by atoms with Crippen LogP contribution in [0.3, 0.4) is 0 Å². The zero-order valence-electron chi connectivity index (χ0n) is 10.4. The molecule has 1 aromatic carbocycles. The number of rotatable bonds is 5. The van der Waals surface area contributed by atoms with Crippen molar-refractivity contribution < 1.29 is 8.42 Å². The topological polar surface area (TPSA) is 71.1 Å². The summed E-state index contributed by atoms with van der Waals surface area (Å²) < 4.78 is 24.9. The van der Waals surface area contributed by atoms with Gasteiger partial charge in [-0.15, -0.1) is 4.83 Å². The average Bonchev–Trinajstić information content (AvgIpc) is 2.46. The molecule has 0 fully saturated rings. The van der Waals surface area contributed by atoms with Gasteiger partial charge in [0.1, 0.15) is 0 Å². The Kier molecular flexibility index (Phi) is 4.53. The van der Waals surface area contributed by atoms with Crippen molar-refractivity contribution in [3.05, 3.63) is 65.4 Å². The first-order valence-corrected chi connectivity index (χ1v) is 7.90. The van der Waals surface area contributed by atoms with Crippen molar-refractivity contribution in [3.8, 4) is 0 Å². The lowest BCUT2D eigenvalue weighted by molar-refractivity contribution is 0.576. The van der Waals surface area contributed by atoms with Gasteiger partial charge in [-0.05, 0) is 36.4 Å². The van der Waals surface area contributed by atoms with Gasteiger partial charge in [-0.25, -0.2) is 8.42 Å². The second-order valence-electron chi connectivity index (χ2n) is 3.88. The molecule has 7 heteroatoms. The van der Waals surface area contributed by atoms with Gasteiger partial charge in [0.05, 0.1) is 16.3 Å². The molecule has 0 amide bonds. The van der Waals surface area contributed by atoms with E-state index >= 15 is 0 Å². The molecule has 1 aromatic heterocycles. The summed E-state index contributed by atoms with van der Waals surface area (Å²) in [7, 11) is -3.65. The average molecular weight is 354 g/mol. The molecule has 2 N–H and O–H groups in total. The molecule has 2 aromatic rings. The van der Waals surface area contributed by atoms with Crippen LogP contribution in [-0.2, 0) is 10.0 Å². The fourth-order valence-corrected chi connectivity index (χ4v) is 2.54. The van der Waals surface area contributed by atoms with Gasteiger partial charge in [-0.3, -0.25) is 4.98 Å². The molecule has 0 aliphatic carbocycles. The zero-order valence-corrected chi connectivity index (χ0v) is 12.8. The van der Waals surface area contributed by atoms with E-state index in [2.05, 4.69) is 37.7 Å². The maximum Gasteiger partial charge on any atom is 0.257 e. The summed E-state index contributed by atoms with van der Waals surface area (Å²) in [5.74, 6) is 0. The van der Waals surface area contributed by atoms with Gasteiger partial charge >= 0.3 is 0 Å². The molecular weight excluding hydrogens is 342 g/mol. The van der Waals surface area contributed by atoms with E-state index in [1.807, 2.05) is 0 Å². The first kappa shape index (κ1) is 14.7. The summed E-state index contributed by atoms with van der Waals surface area (Å²) in [4.78, 5) is 6.48. The second kappa shape index (κ2) is 6.17. The molecule has 0 saturated heterocycles. The lowest BCUT2D eigenvalue weighted by Gasteiger charge is -2.11. The van der Waals surface area contributed by atoms with E-state index in [1.165, 1.54) is 12.1 Å². The van der Waals surface area contributed by atoms with Crippen LogP contribution >= 0.6 is 15.9 Å². The van der Waals surface area contributed by atoms with Crippen molar-refractivity contribution in [1.82, 2.24) is 15.2 Å². The van der Waals surface area contributed by atoms with Gasteiger partial charge in [-0.2, -0.15) is 0 Å².